The highest BCUT2D eigenvalue weighted by atomic mass is 16.5. The summed E-state index contributed by atoms with van der Waals surface area (Å²) >= 11 is 0. The van der Waals surface area contributed by atoms with Gasteiger partial charge in [0.05, 0.1) is 25.5 Å². The Morgan fingerprint density at radius 2 is 1.90 bits per heavy atom. The maximum absolute atomic E-state index is 12.5. The van der Waals surface area contributed by atoms with Crippen molar-refractivity contribution in [3.8, 4) is 0 Å². The van der Waals surface area contributed by atoms with Crippen LogP contribution in [0.3, 0.4) is 0 Å². The minimum Gasteiger partial charge on any atom is -0.468 e. The van der Waals surface area contributed by atoms with Crippen LogP contribution in [-0.2, 0) is 14.3 Å². The number of hydrogen-bond acceptors (Lipinski definition) is 4. The van der Waals surface area contributed by atoms with Crippen molar-refractivity contribution in [1.82, 2.24) is 4.90 Å². The molecule has 2 fully saturated rings. The van der Waals surface area contributed by atoms with Crippen LogP contribution in [0, 0.1) is 13.8 Å². The molecule has 2 saturated heterocycles. The largest absolute Gasteiger partial charge is 0.468 e. The highest BCUT2D eigenvalue weighted by molar-refractivity contribution is 5.99. The third-order valence-corrected chi connectivity index (χ3v) is 4.52. The lowest BCUT2D eigenvalue weighted by Crippen LogP contribution is -2.41. The zero-order chi connectivity index (χ0) is 15.1. The SMILES string of the molecule is COC(=O)[C@@H]1CC[C@H]2N(c3c(C)cccc3C)C(=O)CN12. The van der Waals surface area contributed by atoms with Crippen molar-refractivity contribution < 1.29 is 14.3 Å². The summed E-state index contributed by atoms with van der Waals surface area (Å²) in [5, 5.41) is 0. The third-order valence-electron chi connectivity index (χ3n) is 4.52. The highest BCUT2D eigenvalue weighted by Crippen LogP contribution is 2.37. The fourth-order valence-corrected chi connectivity index (χ4v) is 3.59. The normalized spacial score (nSPS) is 25.3. The number of rotatable bonds is 2. The van der Waals surface area contributed by atoms with Crippen molar-refractivity contribution in [2.75, 3.05) is 18.6 Å². The number of carbonyl (C=O) groups excluding carboxylic acids is 2. The Labute approximate surface area is 124 Å². The molecule has 0 radical (unpaired) electrons. The number of nitrogens with zero attached hydrogens (tertiary/aromatic N) is 2. The van der Waals surface area contributed by atoms with Crippen molar-refractivity contribution in [2.24, 2.45) is 0 Å². The Bertz CT molecular complexity index is 579. The molecule has 1 aromatic rings. The molecule has 5 nitrogen and oxygen atoms in total. The molecule has 21 heavy (non-hydrogen) atoms. The summed E-state index contributed by atoms with van der Waals surface area (Å²) in [5.74, 6) is -0.181. The van der Waals surface area contributed by atoms with E-state index in [-0.39, 0.29) is 30.6 Å². The molecule has 0 N–H and O–H groups in total. The minimum absolute atomic E-state index is 0.0265. The van der Waals surface area contributed by atoms with Crippen LogP contribution in [-0.4, -0.2) is 42.6 Å². The van der Waals surface area contributed by atoms with Crippen LogP contribution in [0.5, 0.6) is 0 Å². The molecule has 112 valence electrons. The van der Waals surface area contributed by atoms with Gasteiger partial charge in [-0.1, -0.05) is 18.2 Å². The molecule has 0 bridgehead atoms. The molecule has 0 unspecified atom stereocenters. The maximum atomic E-state index is 12.5. The predicted octanol–water partition coefficient (Wildman–Crippen LogP) is 1.61. The zero-order valence-corrected chi connectivity index (χ0v) is 12.6. The minimum atomic E-state index is -0.293. The van der Waals surface area contributed by atoms with Gasteiger partial charge in [-0.05, 0) is 37.8 Å². The van der Waals surface area contributed by atoms with Gasteiger partial charge in [0, 0.05) is 0 Å². The number of carbonyl (C=O) groups is 2. The summed E-state index contributed by atoms with van der Waals surface area (Å²) < 4.78 is 4.86. The second-order valence-electron chi connectivity index (χ2n) is 5.77. The van der Waals surface area contributed by atoms with Crippen molar-refractivity contribution >= 4 is 17.6 Å². The van der Waals surface area contributed by atoms with Crippen molar-refractivity contribution in [1.29, 1.82) is 0 Å². The summed E-state index contributed by atoms with van der Waals surface area (Å²) in [4.78, 5) is 28.2. The second kappa shape index (κ2) is 5.15. The standard InChI is InChI=1S/C16H20N2O3/c1-10-5-4-6-11(2)15(10)18-13-8-7-12(16(20)21-3)17(13)9-14(18)19/h4-6,12-13H,7-9H2,1-3H3/t12-,13+/m0/s1. The number of esters is 1. The molecule has 2 aliphatic heterocycles. The number of para-hydroxylation sites is 1. The lowest BCUT2D eigenvalue weighted by atomic mass is 10.1. The first-order valence-electron chi connectivity index (χ1n) is 7.26. The molecule has 0 spiro atoms. The Morgan fingerprint density at radius 3 is 2.52 bits per heavy atom. The van der Waals surface area contributed by atoms with E-state index in [1.165, 1.54) is 7.11 Å². The molecule has 0 aliphatic carbocycles. The van der Waals surface area contributed by atoms with Gasteiger partial charge in [-0.25, -0.2) is 0 Å². The van der Waals surface area contributed by atoms with Gasteiger partial charge in [0.1, 0.15) is 6.04 Å². The Hall–Kier alpha value is -1.88. The maximum Gasteiger partial charge on any atom is 0.323 e. The fraction of sp³-hybridized carbons (Fsp3) is 0.500. The molecule has 0 saturated carbocycles. The molecule has 2 atom stereocenters. The molecule has 1 amide bonds. The van der Waals surface area contributed by atoms with Gasteiger partial charge < -0.3 is 4.74 Å². The van der Waals surface area contributed by atoms with Crippen LogP contribution in [0.15, 0.2) is 18.2 Å². The number of amides is 1. The van der Waals surface area contributed by atoms with Crippen LogP contribution in [0.25, 0.3) is 0 Å². The average molecular weight is 288 g/mol. The number of aryl methyl sites for hydroxylation is 2. The van der Waals surface area contributed by atoms with E-state index >= 15 is 0 Å². The number of anilines is 1. The van der Waals surface area contributed by atoms with Crippen molar-refractivity contribution in [3.05, 3.63) is 29.3 Å². The van der Waals surface area contributed by atoms with E-state index in [2.05, 4.69) is 0 Å². The van der Waals surface area contributed by atoms with E-state index in [0.717, 1.165) is 29.7 Å². The summed E-state index contributed by atoms with van der Waals surface area (Å²) in [6.07, 6.45) is 1.52. The number of benzene rings is 1. The van der Waals surface area contributed by atoms with Crippen molar-refractivity contribution in [2.45, 2.75) is 38.9 Å². The van der Waals surface area contributed by atoms with Gasteiger partial charge in [0.2, 0.25) is 5.91 Å². The van der Waals surface area contributed by atoms with Gasteiger partial charge in [-0.2, -0.15) is 0 Å². The first-order valence-corrected chi connectivity index (χ1v) is 7.26. The highest BCUT2D eigenvalue weighted by Gasteiger charge is 2.49. The smallest absolute Gasteiger partial charge is 0.323 e. The average Bonchev–Trinajstić information content (AvgIpc) is 2.97. The Kier molecular flexibility index (Phi) is 3.45. The van der Waals surface area contributed by atoms with E-state index in [1.807, 2.05) is 41.8 Å². The summed E-state index contributed by atoms with van der Waals surface area (Å²) in [6.45, 7) is 4.33. The number of hydrogen-bond donors (Lipinski definition) is 0. The molecule has 2 heterocycles. The Morgan fingerprint density at radius 1 is 1.24 bits per heavy atom. The Balaban J connectivity index is 1.96. The first kappa shape index (κ1) is 14.1. The van der Waals surface area contributed by atoms with E-state index in [1.54, 1.807) is 0 Å². The monoisotopic (exact) mass is 288 g/mol. The van der Waals surface area contributed by atoms with Crippen LogP contribution in [0.2, 0.25) is 0 Å². The molecule has 2 aliphatic rings. The van der Waals surface area contributed by atoms with Gasteiger partial charge in [0.15, 0.2) is 0 Å². The van der Waals surface area contributed by atoms with Crippen LogP contribution >= 0.6 is 0 Å². The summed E-state index contributed by atoms with van der Waals surface area (Å²) in [6, 6.07) is 5.74. The van der Waals surface area contributed by atoms with E-state index in [0.29, 0.717) is 0 Å². The quantitative estimate of drug-likeness (QED) is 0.776. The van der Waals surface area contributed by atoms with Crippen LogP contribution in [0.1, 0.15) is 24.0 Å². The van der Waals surface area contributed by atoms with Gasteiger partial charge >= 0.3 is 5.97 Å². The molecular weight excluding hydrogens is 268 g/mol. The lowest BCUT2D eigenvalue weighted by Gasteiger charge is -2.28. The first-order chi connectivity index (χ1) is 10.0. The molecule has 5 heteroatoms. The molecule has 3 rings (SSSR count). The van der Waals surface area contributed by atoms with Crippen LogP contribution in [0.4, 0.5) is 5.69 Å². The lowest BCUT2D eigenvalue weighted by molar-refractivity contribution is -0.145. The predicted molar refractivity (Wildman–Crippen MR) is 78.9 cm³/mol. The topological polar surface area (TPSA) is 49.9 Å². The van der Waals surface area contributed by atoms with Crippen molar-refractivity contribution in [3.63, 3.8) is 0 Å². The number of fused-ring (bicyclic) bond motifs is 1. The van der Waals surface area contributed by atoms with Gasteiger partial charge in [0.25, 0.3) is 0 Å². The zero-order valence-electron chi connectivity index (χ0n) is 12.6. The summed E-state index contributed by atoms with van der Waals surface area (Å²) in [5.41, 5.74) is 3.17. The molecular formula is C16H20N2O3. The van der Waals surface area contributed by atoms with Gasteiger partial charge in [-0.3, -0.25) is 19.4 Å². The molecule has 1 aromatic carbocycles. The van der Waals surface area contributed by atoms with Gasteiger partial charge in [-0.15, -0.1) is 0 Å². The van der Waals surface area contributed by atoms with E-state index in [9.17, 15) is 9.59 Å². The van der Waals surface area contributed by atoms with E-state index < -0.39 is 0 Å². The second-order valence-corrected chi connectivity index (χ2v) is 5.77. The number of methoxy groups -OCH3 is 1. The van der Waals surface area contributed by atoms with Crippen LogP contribution < -0.4 is 4.90 Å². The fourth-order valence-electron chi connectivity index (χ4n) is 3.59. The molecule has 0 aromatic heterocycles. The number of ether oxygens (including phenoxy) is 1. The van der Waals surface area contributed by atoms with E-state index in [4.69, 9.17) is 4.74 Å². The third kappa shape index (κ3) is 2.12. The summed E-state index contributed by atoms with van der Waals surface area (Å²) in [7, 11) is 1.40.